The third-order valence-corrected chi connectivity index (χ3v) is 5.80. The quantitative estimate of drug-likeness (QED) is 0.822. The van der Waals surface area contributed by atoms with Gasteiger partial charge in [-0.3, -0.25) is 4.79 Å². The monoisotopic (exact) mass is 325 g/mol. The molecule has 1 unspecified atom stereocenters. The molecule has 0 radical (unpaired) electrons. The highest BCUT2D eigenvalue weighted by molar-refractivity contribution is 8.01. The van der Waals surface area contributed by atoms with Crippen molar-refractivity contribution in [2.75, 3.05) is 6.54 Å². The molecule has 1 amide bonds. The van der Waals surface area contributed by atoms with E-state index in [1.54, 1.807) is 0 Å². The Balaban J connectivity index is 1.49. The molecule has 120 valence electrons. The van der Waals surface area contributed by atoms with Crippen LogP contribution in [-0.2, 0) is 11.2 Å². The lowest BCUT2D eigenvalue weighted by Gasteiger charge is -2.18. The fraction of sp³-hybridized carbons (Fsp3) is 0.350. The molecule has 1 N–H and O–H groups in total. The molecular formula is C20H23NOS. The summed E-state index contributed by atoms with van der Waals surface area (Å²) >= 11 is 1.90. The molecule has 0 saturated heterocycles. The smallest absolute Gasteiger partial charge is 0.223 e. The highest BCUT2D eigenvalue weighted by Gasteiger charge is 2.44. The van der Waals surface area contributed by atoms with Crippen molar-refractivity contribution < 1.29 is 4.79 Å². The SMILES string of the molecule is CC(Cc1ccccc1)C(=O)NCC1(Sc2ccccc2)CC1. The third kappa shape index (κ3) is 4.61. The van der Waals surface area contributed by atoms with E-state index < -0.39 is 0 Å². The Morgan fingerprint density at radius 3 is 2.30 bits per heavy atom. The number of carbonyl (C=O) groups excluding carboxylic acids is 1. The number of benzene rings is 2. The van der Waals surface area contributed by atoms with Gasteiger partial charge in [-0.1, -0.05) is 55.5 Å². The lowest BCUT2D eigenvalue weighted by molar-refractivity contribution is -0.124. The van der Waals surface area contributed by atoms with E-state index in [1.165, 1.54) is 23.3 Å². The Labute approximate surface area is 142 Å². The second-order valence-corrected chi connectivity index (χ2v) is 7.95. The van der Waals surface area contributed by atoms with E-state index >= 15 is 0 Å². The number of nitrogens with one attached hydrogen (secondary N) is 1. The molecule has 0 spiro atoms. The topological polar surface area (TPSA) is 29.1 Å². The maximum atomic E-state index is 12.4. The molecule has 1 saturated carbocycles. The number of thioether (sulfide) groups is 1. The fourth-order valence-electron chi connectivity index (χ4n) is 2.68. The summed E-state index contributed by atoms with van der Waals surface area (Å²) in [6.45, 7) is 2.77. The van der Waals surface area contributed by atoms with Crippen molar-refractivity contribution >= 4 is 17.7 Å². The summed E-state index contributed by atoms with van der Waals surface area (Å²) in [5.74, 6) is 0.170. The van der Waals surface area contributed by atoms with Gasteiger partial charge in [-0.25, -0.2) is 0 Å². The first-order valence-electron chi connectivity index (χ1n) is 8.23. The molecular weight excluding hydrogens is 302 g/mol. The number of hydrogen-bond acceptors (Lipinski definition) is 2. The van der Waals surface area contributed by atoms with Crippen molar-refractivity contribution in [1.29, 1.82) is 0 Å². The molecule has 2 aromatic rings. The van der Waals surface area contributed by atoms with Crippen molar-refractivity contribution in [1.82, 2.24) is 5.32 Å². The summed E-state index contributed by atoms with van der Waals surface area (Å²) in [7, 11) is 0. The molecule has 1 aliphatic rings. The molecule has 0 aromatic heterocycles. The molecule has 3 rings (SSSR count). The Morgan fingerprint density at radius 1 is 1.09 bits per heavy atom. The van der Waals surface area contributed by atoms with Crippen LogP contribution in [0.4, 0.5) is 0 Å². The Bertz CT molecular complexity index is 637. The van der Waals surface area contributed by atoms with Crippen LogP contribution in [0.3, 0.4) is 0 Å². The van der Waals surface area contributed by atoms with Gasteiger partial charge in [-0.05, 0) is 37.0 Å². The van der Waals surface area contributed by atoms with Crippen LogP contribution in [0, 0.1) is 5.92 Å². The minimum atomic E-state index is 0.00919. The lowest BCUT2D eigenvalue weighted by Crippen LogP contribution is -2.36. The highest BCUT2D eigenvalue weighted by atomic mass is 32.2. The van der Waals surface area contributed by atoms with E-state index in [0.29, 0.717) is 0 Å². The van der Waals surface area contributed by atoms with Crippen molar-refractivity contribution in [3.63, 3.8) is 0 Å². The van der Waals surface area contributed by atoms with Gasteiger partial charge in [-0.15, -0.1) is 11.8 Å². The van der Waals surface area contributed by atoms with Crippen LogP contribution >= 0.6 is 11.8 Å². The number of rotatable bonds is 7. The zero-order chi connectivity index (χ0) is 16.1. The van der Waals surface area contributed by atoms with Crippen LogP contribution < -0.4 is 5.32 Å². The highest BCUT2D eigenvalue weighted by Crippen LogP contribution is 2.51. The van der Waals surface area contributed by atoms with Crippen molar-refractivity contribution in [3.05, 3.63) is 66.2 Å². The maximum absolute atomic E-state index is 12.4. The average Bonchev–Trinajstić information content (AvgIpc) is 3.34. The molecule has 23 heavy (non-hydrogen) atoms. The number of hydrogen-bond donors (Lipinski definition) is 1. The van der Waals surface area contributed by atoms with Gasteiger partial charge in [0.25, 0.3) is 0 Å². The van der Waals surface area contributed by atoms with Gasteiger partial charge in [0.2, 0.25) is 5.91 Å². The second kappa shape index (κ2) is 7.22. The molecule has 0 aliphatic heterocycles. The van der Waals surface area contributed by atoms with Gasteiger partial charge in [0, 0.05) is 22.1 Å². The molecule has 1 aliphatic carbocycles. The molecule has 0 heterocycles. The molecule has 1 fully saturated rings. The summed E-state index contributed by atoms with van der Waals surface area (Å²) in [5.41, 5.74) is 1.22. The van der Waals surface area contributed by atoms with E-state index in [2.05, 4.69) is 41.7 Å². The Morgan fingerprint density at radius 2 is 1.70 bits per heavy atom. The number of amides is 1. The normalized spacial score (nSPS) is 16.6. The van der Waals surface area contributed by atoms with Crippen molar-refractivity contribution in [2.45, 2.75) is 35.8 Å². The van der Waals surface area contributed by atoms with Crippen LogP contribution in [0.25, 0.3) is 0 Å². The summed E-state index contributed by atoms with van der Waals surface area (Å²) in [6.07, 6.45) is 3.16. The molecule has 0 bridgehead atoms. The second-order valence-electron chi connectivity index (χ2n) is 6.41. The van der Waals surface area contributed by atoms with Crippen molar-refractivity contribution in [3.8, 4) is 0 Å². The van der Waals surface area contributed by atoms with E-state index in [0.717, 1.165) is 13.0 Å². The Hall–Kier alpha value is -1.74. The maximum Gasteiger partial charge on any atom is 0.223 e. The minimum Gasteiger partial charge on any atom is -0.354 e. The van der Waals surface area contributed by atoms with E-state index in [-0.39, 0.29) is 16.6 Å². The van der Waals surface area contributed by atoms with Gasteiger partial charge < -0.3 is 5.32 Å². The standard InChI is InChI=1S/C20H23NOS/c1-16(14-17-8-4-2-5-9-17)19(22)21-15-20(12-13-20)23-18-10-6-3-7-11-18/h2-11,16H,12-15H2,1H3,(H,21,22). The zero-order valence-electron chi connectivity index (χ0n) is 13.5. The van der Waals surface area contributed by atoms with Crippen LogP contribution in [0.1, 0.15) is 25.3 Å². The van der Waals surface area contributed by atoms with Crippen LogP contribution in [0.15, 0.2) is 65.6 Å². The lowest BCUT2D eigenvalue weighted by atomic mass is 10.0. The predicted octanol–water partition coefficient (Wildman–Crippen LogP) is 4.31. The van der Waals surface area contributed by atoms with E-state index in [4.69, 9.17) is 0 Å². The summed E-state index contributed by atoms with van der Waals surface area (Å²) < 4.78 is 0.212. The van der Waals surface area contributed by atoms with Gasteiger partial charge in [0.15, 0.2) is 0 Å². The molecule has 2 nitrogen and oxygen atoms in total. The molecule has 3 heteroatoms. The first-order valence-corrected chi connectivity index (χ1v) is 9.04. The van der Waals surface area contributed by atoms with E-state index in [9.17, 15) is 4.79 Å². The van der Waals surface area contributed by atoms with Crippen LogP contribution in [0.2, 0.25) is 0 Å². The van der Waals surface area contributed by atoms with Gasteiger partial charge in [-0.2, -0.15) is 0 Å². The first kappa shape index (κ1) is 16.1. The predicted molar refractivity (Wildman–Crippen MR) is 96.6 cm³/mol. The molecule has 1 atom stereocenters. The summed E-state index contributed by atoms with van der Waals surface area (Å²) in [6, 6.07) is 20.7. The largest absolute Gasteiger partial charge is 0.354 e. The minimum absolute atomic E-state index is 0.00919. The van der Waals surface area contributed by atoms with Crippen molar-refractivity contribution in [2.24, 2.45) is 5.92 Å². The zero-order valence-corrected chi connectivity index (χ0v) is 14.3. The third-order valence-electron chi connectivity index (χ3n) is 4.30. The summed E-state index contributed by atoms with van der Waals surface area (Å²) in [4.78, 5) is 13.6. The Kier molecular flexibility index (Phi) is 5.06. The number of carbonyl (C=O) groups is 1. The summed E-state index contributed by atoms with van der Waals surface area (Å²) in [5, 5.41) is 3.17. The first-order chi connectivity index (χ1) is 11.2. The van der Waals surface area contributed by atoms with E-state index in [1.807, 2.05) is 43.0 Å². The van der Waals surface area contributed by atoms with Crippen LogP contribution in [0.5, 0.6) is 0 Å². The molecule has 2 aromatic carbocycles. The van der Waals surface area contributed by atoms with Crippen LogP contribution in [-0.4, -0.2) is 17.2 Å². The fourth-order valence-corrected chi connectivity index (χ4v) is 3.92. The average molecular weight is 325 g/mol. The van der Waals surface area contributed by atoms with Gasteiger partial charge in [0.05, 0.1) is 0 Å². The van der Waals surface area contributed by atoms with Gasteiger partial charge >= 0.3 is 0 Å². The van der Waals surface area contributed by atoms with Gasteiger partial charge in [0.1, 0.15) is 0 Å².